The summed E-state index contributed by atoms with van der Waals surface area (Å²) in [7, 11) is 0. The predicted molar refractivity (Wildman–Crippen MR) is 93.9 cm³/mol. The van der Waals surface area contributed by atoms with Gasteiger partial charge in [-0.05, 0) is 31.9 Å². The normalized spacial score (nSPS) is 17.9. The van der Waals surface area contributed by atoms with Crippen LogP contribution in [-0.4, -0.2) is 37.5 Å². The van der Waals surface area contributed by atoms with Gasteiger partial charge in [-0.1, -0.05) is 0 Å². The first kappa shape index (κ1) is 14.6. The molecule has 5 rings (SSSR count). The molecule has 7 nitrogen and oxygen atoms in total. The van der Waals surface area contributed by atoms with Crippen LogP contribution in [-0.2, 0) is 6.54 Å². The van der Waals surface area contributed by atoms with Crippen LogP contribution < -0.4 is 10.5 Å². The van der Waals surface area contributed by atoms with Crippen molar-refractivity contribution in [2.75, 3.05) is 18.0 Å². The molecule has 0 bridgehead atoms. The fraction of sp³-hybridized carbons (Fsp3) is 0.444. The summed E-state index contributed by atoms with van der Waals surface area (Å²) in [6, 6.07) is 5.60. The summed E-state index contributed by atoms with van der Waals surface area (Å²) in [4.78, 5) is 18.9. The predicted octanol–water partition coefficient (Wildman–Crippen LogP) is 1.61. The van der Waals surface area contributed by atoms with Crippen LogP contribution in [0.4, 0.5) is 5.82 Å². The molecule has 2 aliphatic rings. The van der Waals surface area contributed by atoms with E-state index in [0.29, 0.717) is 18.4 Å². The molecule has 1 saturated carbocycles. The molecule has 25 heavy (non-hydrogen) atoms. The van der Waals surface area contributed by atoms with Gasteiger partial charge in [-0.2, -0.15) is 10.2 Å². The molecule has 4 heterocycles. The minimum absolute atomic E-state index is 0.00510. The molecule has 1 aliphatic carbocycles. The maximum Gasteiger partial charge on any atom is 0.266 e. The quantitative estimate of drug-likeness (QED) is 0.724. The van der Waals surface area contributed by atoms with E-state index in [1.54, 1.807) is 16.9 Å². The van der Waals surface area contributed by atoms with Gasteiger partial charge in [-0.3, -0.25) is 4.79 Å². The summed E-state index contributed by atoms with van der Waals surface area (Å²) in [6.07, 6.45) is 6.05. The molecule has 0 atom stereocenters. The smallest absolute Gasteiger partial charge is 0.266 e. The summed E-state index contributed by atoms with van der Waals surface area (Å²) in [5.74, 6) is 1.95. The van der Waals surface area contributed by atoms with Crippen LogP contribution in [0.3, 0.4) is 0 Å². The lowest BCUT2D eigenvalue weighted by atomic mass is 10.00. The Morgan fingerprint density at radius 1 is 1.20 bits per heavy atom. The van der Waals surface area contributed by atoms with E-state index in [4.69, 9.17) is 0 Å². The van der Waals surface area contributed by atoms with Crippen molar-refractivity contribution in [2.45, 2.75) is 32.2 Å². The monoisotopic (exact) mass is 336 g/mol. The molecule has 0 N–H and O–H groups in total. The molecule has 128 valence electrons. The first-order valence-corrected chi connectivity index (χ1v) is 8.81. The highest BCUT2D eigenvalue weighted by atomic mass is 16.1. The Morgan fingerprint density at radius 2 is 2.04 bits per heavy atom. The first-order chi connectivity index (χ1) is 12.2. The second-order valence-electron chi connectivity index (χ2n) is 7.19. The number of fused-ring (bicyclic) bond motifs is 1. The third kappa shape index (κ3) is 2.59. The molecule has 1 saturated heterocycles. The molecule has 0 unspecified atom stereocenters. The topological polar surface area (TPSA) is 68.3 Å². The van der Waals surface area contributed by atoms with Gasteiger partial charge in [0.05, 0.1) is 17.9 Å². The number of aromatic nitrogens is 5. The van der Waals surface area contributed by atoms with Crippen molar-refractivity contribution in [3.63, 3.8) is 0 Å². The zero-order valence-corrected chi connectivity index (χ0v) is 14.2. The van der Waals surface area contributed by atoms with E-state index in [-0.39, 0.29) is 5.56 Å². The molecule has 7 heteroatoms. The average molecular weight is 336 g/mol. The Labute approximate surface area is 144 Å². The van der Waals surface area contributed by atoms with Crippen LogP contribution in [0.25, 0.3) is 5.52 Å². The Hall–Kier alpha value is -2.70. The van der Waals surface area contributed by atoms with Gasteiger partial charge in [0.15, 0.2) is 5.82 Å². The third-order valence-corrected chi connectivity index (χ3v) is 5.06. The van der Waals surface area contributed by atoms with E-state index < -0.39 is 0 Å². The molecule has 0 amide bonds. The SMILES string of the molecule is Cc1cc2c(N3CC(Cn4nc(C5CC5)ccc4=O)C3)nccn2n1. The van der Waals surface area contributed by atoms with Crippen LogP contribution >= 0.6 is 0 Å². The van der Waals surface area contributed by atoms with Crippen LogP contribution in [0, 0.1) is 12.8 Å². The Bertz CT molecular complexity index is 996. The lowest BCUT2D eigenvalue weighted by Gasteiger charge is -2.40. The lowest BCUT2D eigenvalue weighted by Crippen LogP contribution is -2.50. The van der Waals surface area contributed by atoms with Gasteiger partial charge in [-0.15, -0.1) is 0 Å². The minimum atomic E-state index is -0.00510. The summed E-state index contributed by atoms with van der Waals surface area (Å²) >= 11 is 0. The number of hydrogen-bond donors (Lipinski definition) is 0. The molecule has 0 aromatic carbocycles. The van der Waals surface area contributed by atoms with E-state index in [9.17, 15) is 4.79 Å². The second-order valence-corrected chi connectivity index (χ2v) is 7.19. The maximum absolute atomic E-state index is 12.1. The molecule has 0 spiro atoms. The van der Waals surface area contributed by atoms with Crippen LogP contribution in [0.1, 0.15) is 30.1 Å². The molecular weight excluding hydrogens is 316 g/mol. The molecule has 3 aromatic rings. The van der Waals surface area contributed by atoms with Gasteiger partial charge < -0.3 is 4.90 Å². The summed E-state index contributed by atoms with van der Waals surface area (Å²) in [6.45, 7) is 4.44. The van der Waals surface area contributed by atoms with Crippen molar-refractivity contribution in [2.24, 2.45) is 5.92 Å². The lowest BCUT2D eigenvalue weighted by molar-refractivity contribution is 0.331. The molecular formula is C18H20N6O. The van der Waals surface area contributed by atoms with Gasteiger partial charge in [0.2, 0.25) is 0 Å². The molecule has 0 radical (unpaired) electrons. The van der Waals surface area contributed by atoms with Crippen molar-refractivity contribution in [1.29, 1.82) is 0 Å². The van der Waals surface area contributed by atoms with E-state index >= 15 is 0 Å². The highest BCUT2D eigenvalue weighted by Crippen LogP contribution is 2.38. The van der Waals surface area contributed by atoms with Gasteiger partial charge in [-0.25, -0.2) is 14.2 Å². The second kappa shape index (κ2) is 5.40. The highest BCUT2D eigenvalue weighted by Gasteiger charge is 2.31. The van der Waals surface area contributed by atoms with Crippen molar-refractivity contribution in [3.8, 4) is 0 Å². The minimum Gasteiger partial charge on any atom is -0.354 e. The van der Waals surface area contributed by atoms with Gasteiger partial charge >= 0.3 is 0 Å². The van der Waals surface area contributed by atoms with E-state index in [2.05, 4.69) is 26.1 Å². The Balaban J connectivity index is 1.32. The maximum atomic E-state index is 12.1. The van der Waals surface area contributed by atoms with Crippen LogP contribution in [0.2, 0.25) is 0 Å². The van der Waals surface area contributed by atoms with Crippen LogP contribution in [0.5, 0.6) is 0 Å². The van der Waals surface area contributed by atoms with Crippen molar-refractivity contribution < 1.29 is 0 Å². The van der Waals surface area contributed by atoms with Crippen molar-refractivity contribution in [3.05, 3.63) is 52.3 Å². The summed E-state index contributed by atoms with van der Waals surface area (Å²) in [5, 5.41) is 9.00. The molecule has 1 aliphatic heterocycles. The zero-order valence-electron chi connectivity index (χ0n) is 14.2. The zero-order chi connectivity index (χ0) is 17.0. The third-order valence-electron chi connectivity index (χ3n) is 5.06. The van der Waals surface area contributed by atoms with Crippen LogP contribution in [0.15, 0.2) is 35.4 Å². The fourth-order valence-corrected chi connectivity index (χ4v) is 3.57. The average Bonchev–Trinajstić information content (AvgIpc) is 3.33. The Kier molecular flexibility index (Phi) is 3.16. The number of rotatable bonds is 4. The van der Waals surface area contributed by atoms with Crippen molar-refractivity contribution in [1.82, 2.24) is 24.4 Å². The van der Waals surface area contributed by atoms with E-state index in [1.165, 1.54) is 12.8 Å². The largest absolute Gasteiger partial charge is 0.354 e. The Morgan fingerprint density at radius 3 is 2.84 bits per heavy atom. The molecule has 3 aromatic heterocycles. The number of aryl methyl sites for hydroxylation is 1. The van der Waals surface area contributed by atoms with Gasteiger partial charge in [0.25, 0.3) is 5.56 Å². The number of nitrogens with zero attached hydrogens (tertiary/aromatic N) is 6. The highest BCUT2D eigenvalue weighted by molar-refractivity contribution is 5.69. The summed E-state index contributed by atoms with van der Waals surface area (Å²) < 4.78 is 3.52. The summed E-state index contributed by atoms with van der Waals surface area (Å²) in [5.41, 5.74) is 3.08. The van der Waals surface area contributed by atoms with E-state index in [1.807, 2.05) is 23.7 Å². The first-order valence-electron chi connectivity index (χ1n) is 8.81. The van der Waals surface area contributed by atoms with Gasteiger partial charge in [0.1, 0.15) is 5.52 Å². The number of hydrogen-bond acceptors (Lipinski definition) is 5. The standard InChI is InChI=1S/C18H20N6O/c1-12-8-16-18(19-6-7-23(16)20-12)22-9-13(10-22)11-24-17(25)5-4-15(21-24)14-2-3-14/h4-8,13-14H,2-3,9-11H2,1H3. The fourth-order valence-electron chi connectivity index (χ4n) is 3.57. The number of anilines is 1. The van der Waals surface area contributed by atoms with E-state index in [0.717, 1.165) is 35.8 Å². The van der Waals surface area contributed by atoms with Crippen molar-refractivity contribution >= 4 is 11.3 Å². The van der Waals surface area contributed by atoms with Gasteiger partial charge in [0, 0.05) is 43.4 Å². The molecule has 2 fully saturated rings.